The molecule has 1 aromatic carbocycles. The summed E-state index contributed by atoms with van der Waals surface area (Å²) in [5.74, 6) is 2.15. The van der Waals surface area contributed by atoms with Gasteiger partial charge in [-0.15, -0.1) is 0 Å². The van der Waals surface area contributed by atoms with Crippen LogP contribution in [0.5, 0.6) is 0 Å². The number of fused-ring (bicyclic) bond motifs is 2. The first kappa shape index (κ1) is 14.9. The fraction of sp³-hybridized carbons (Fsp3) is 0.526. The van der Waals surface area contributed by atoms with Crippen molar-refractivity contribution in [2.24, 2.45) is 17.8 Å². The lowest BCUT2D eigenvalue weighted by molar-refractivity contribution is 0.0610. The van der Waals surface area contributed by atoms with Gasteiger partial charge >= 0.3 is 0 Å². The Labute approximate surface area is 136 Å². The Balaban J connectivity index is 1.29. The molecule has 1 saturated heterocycles. The molecule has 0 radical (unpaired) electrons. The summed E-state index contributed by atoms with van der Waals surface area (Å²) in [7, 11) is 0. The van der Waals surface area contributed by atoms with E-state index in [-0.39, 0.29) is 11.7 Å². The van der Waals surface area contributed by atoms with Crippen molar-refractivity contribution in [3.63, 3.8) is 0 Å². The van der Waals surface area contributed by atoms with Gasteiger partial charge in [-0.25, -0.2) is 4.39 Å². The van der Waals surface area contributed by atoms with E-state index in [1.807, 2.05) is 4.90 Å². The van der Waals surface area contributed by atoms with Crippen LogP contribution in [0.4, 0.5) is 4.39 Å². The Morgan fingerprint density at radius 3 is 2.39 bits per heavy atom. The topological polar surface area (TPSA) is 23.6 Å². The van der Waals surface area contributed by atoms with Gasteiger partial charge in [0.2, 0.25) is 0 Å². The van der Waals surface area contributed by atoms with Crippen LogP contribution in [-0.2, 0) is 0 Å². The van der Waals surface area contributed by atoms with Crippen molar-refractivity contribution in [1.82, 2.24) is 9.80 Å². The molecule has 2 fully saturated rings. The van der Waals surface area contributed by atoms with E-state index in [0.29, 0.717) is 5.56 Å². The highest BCUT2D eigenvalue weighted by Gasteiger charge is 2.36. The molecule has 4 rings (SSSR count). The lowest BCUT2D eigenvalue weighted by Gasteiger charge is -2.37. The monoisotopic (exact) mass is 314 g/mol. The highest BCUT2D eigenvalue weighted by atomic mass is 19.1. The molecule has 1 saturated carbocycles. The van der Waals surface area contributed by atoms with Crippen molar-refractivity contribution >= 4 is 5.91 Å². The summed E-state index contributed by atoms with van der Waals surface area (Å²) in [6.45, 7) is 4.61. The standard InChI is InChI=1S/C19H23FN2O/c20-18-5-3-15(4-6-18)19(23)22-9-7-21(8-10-22)13-17-12-14-1-2-16(17)11-14/h1-6,14,16-17H,7-13H2/t14-,16+,17+/m0/s1. The van der Waals surface area contributed by atoms with Gasteiger partial charge in [-0.2, -0.15) is 0 Å². The van der Waals surface area contributed by atoms with Crippen LogP contribution in [0, 0.1) is 23.6 Å². The Morgan fingerprint density at radius 2 is 1.78 bits per heavy atom. The summed E-state index contributed by atoms with van der Waals surface area (Å²) in [5, 5.41) is 0. The number of rotatable bonds is 3. The van der Waals surface area contributed by atoms with Crippen LogP contribution in [0.2, 0.25) is 0 Å². The van der Waals surface area contributed by atoms with Gasteiger partial charge in [-0.05, 0) is 54.9 Å². The molecule has 2 bridgehead atoms. The molecular formula is C19H23FN2O. The third kappa shape index (κ3) is 3.05. The van der Waals surface area contributed by atoms with Gasteiger partial charge in [0.05, 0.1) is 0 Å². The van der Waals surface area contributed by atoms with Crippen molar-refractivity contribution in [3.8, 4) is 0 Å². The van der Waals surface area contributed by atoms with Crippen LogP contribution in [0.25, 0.3) is 0 Å². The SMILES string of the molecule is O=C(c1ccc(F)cc1)N1CCN(C[C@H]2C[C@H]3C=C[C@@H]2C3)CC1. The molecule has 23 heavy (non-hydrogen) atoms. The molecule has 0 N–H and O–H groups in total. The largest absolute Gasteiger partial charge is 0.336 e. The second-order valence-corrected chi connectivity index (χ2v) is 7.14. The van der Waals surface area contributed by atoms with Crippen LogP contribution in [0.15, 0.2) is 36.4 Å². The number of piperazine rings is 1. The first-order valence-electron chi connectivity index (χ1n) is 8.64. The molecule has 0 unspecified atom stereocenters. The summed E-state index contributed by atoms with van der Waals surface area (Å²) < 4.78 is 13.0. The number of hydrogen-bond acceptors (Lipinski definition) is 2. The number of benzene rings is 1. The average molecular weight is 314 g/mol. The summed E-state index contributed by atoms with van der Waals surface area (Å²) in [4.78, 5) is 16.8. The maximum Gasteiger partial charge on any atom is 0.253 e. The zero-order chi connectivity index (χ0) is 15.8. The maximum atomic E-state index is 13.0. The molecule has 1 aromatic rings. The highest BCUT2D eigenvalue weighted by molar-refractivity contribution is 5.94. The van der Waals surface area contributed by atoms with Gasteiger partial charge in [-0.1, -0.05) is 12.2 Å². The van der Waals surface area contributed by atoms with E-state index in [4.69, 9.17) is 0 Å². The third-order valence-electron chi connectivity index (χ3n) is 5.66. The Hall–Kier alpha value is -1.68. The van der Waals surface area contributed by atoms with Crippen molar-refractivity contribution in [3.05, 3.63) is 47.8 Å². The Morgan fingerprint density at radius 1 is 1.04 bits per heavy atom. The van der Waals surface area contributed by atoms with Gasteiger partial charge in [0.15, 0.2) is 0 Å². The molecular weight excluding hydrogens is 291 g/mol. The number of carbonyl (C=O) groups is 1. The molecule has 4 heteroatoms. The van der Waals surface area contributed by atoms with E-state index < -0.39 is 0 Å². The van der Waals surface area contributed by atoms with E-state index in [2.05, 4.69) is 17.1 Å². The molecule has 3 nitrogen and oxygen atoms in total. The lowest BCUT2D eigenvalue weighted by atomic mass is 9.93. The second-order valence-electron chi connectivity index (χ2n) is 7.14. The van der Waals surface area contributed by atoms with Crippen molar-refractivity contribution in [2.75, 3.05) is 32.7 Å². The van der Waals surface area contributed by atoms with Crippen molar-refractivity contribution in [1.29, 1.82) is 0 Å². The van der Waals surface area contributed by atoms with Crippen molar-refractivity contribution < 1.29 is 9.18 Å². The second kappa shape index (κ2) is 6.08. The molecule has 1 amide bonds. The van der Waals surface area contributed by atoms with Crippen LogP contribution in [0.1, 0.15) is 23.2 Å². The smallest absolute Gasteiger partial charge is 0.253 e. The summed E-state index contributed by atoms with van der Waals surface area (Å²) in [6.07, 6.45) is 7.50. The zero-order valence-electron chi connectivity index (χ0n) is 13.3. The van der Waals surface area contributed by atoms with Gasteiger partial charge in [0.25, 0.3) is 5.91 Å². The number of nitrogens with zero attached hydrogens (tertiary/aromatic N) is 2. The molecule has 0 spiro atoms. The Bertz CT molecular complexity index is 604. The molecule has 122 valence electrons. The van der Waals surface area contributed by atoms with E-state index in [1.54, 1.807) is 12.1 Å². The zero-order valence-corrected chi connectivity index (χ0v) is 13.3. The molecule has 0 aromatic heterocycles. The number of amides is 1. The third-order valence-corrected chi connectivity index (χ3v) is 5.66. The first-order chi connectivity index (χ1) is 11.2. The molecule has 1 heterocycles. The number of halogens is 1. The normalized spacial score (nSPS) is 30.1. The maximum absolute atomic E-state index is 13.0. The van der Waals surface area contributed by atoms with Gasteiger partial charge in [0, 0.05) is 38.3 Å². The van der Waals surface area contributed by atoms with Crippen LogP contribution >= 0.6 is 0 Å². The van der Waals surface area contributed by atoms with E-state index in [0.717, 1.165) is 43.9 Å². The number of carbonyl (C=O) groups excluding carboxylic acids is 1. The minimum atomic E-state index is -0.300. The molecule has 2 aliphatic carbocycles. The summed E-state index contributed by atoms with van der Waals surface area (Å²) in [6, 6.07) is 5.86. The van der Waals surface area contributed by atoms with Crippen LogP contribution in [0.3, 0.4) is 0 Å². The van der Waals surface area contributed by atoms with Crippen molar-refractivity contribution in [2.45, 2.75) is 12.8 Å². The fourth-order valence-corrected chi connectivity index (χ4v) is 4.34. The van der Waals surface area contributed by atoms with E-state index in [9.17, 15) is 9.18 Å². The number of hydrogen-bond donors (Lipinski definition) is 0. The summed E-state index contributed by atoms with van der Waals surface area (Å²) >= 11 is 0. The van der Waals surface area contributed by atoms with Gasteiger partial charge in [-0.3, -0.25) is 9.69 Å². The summed E-state index contributed by atoms with van der Waals surface area (Å²) in [5.41, 5.74) is 0.582. The van der Waals surface area contributed by atoms with Crippen LogP contribution < -0.4 is 0 Å². The first-order valence-corrected chi connectivity index (χ1v) is 8.64. The predicted molar refractivity (Wildman–Crippen MR) is 87.6 cm³/mol. The van der Waals surface area contributed by atoms with Crippen LogP contribution in [-0.4, -0.2) is 48.4 Å². The fourth-order valence-electron chi connectivity index (χ4n) is 4.34. The minimum absolute atomic E-state index is 0.0208. The quantitative estimate of drug-likeness (QED) is 0.801. The number of allylic oxidation sites excluding steroid dienone is 2. The highest BCUT2D eigenvalue weighted by Crippen LogP contribution is 2.43. The molecule has 1 aliphatic heterocycles. The minimum Gasteiger partial charge on any atom is -0.336 e. The lowest BCUT2D eigenvalue weighted by Crippen LogP contribution is -2.50. The molecule has 3 atom stereocenters. The van der Waals surface area contributed by atoms with E-state index in [1.165, 1.54) is 31.5 Å². The molecule has 3 aliphatic rings. The predicted octanol–water partition coefficient (Wildman–Crippen LogP) is 2.80. The van der Waals surface area contributed by atoms with Gasteiger partial charge in [0.1, 0.15) is 5.82 Å². The average Bonchev–Trinajstić information content (AvgIpc) is 3.18. The van der Waals surface area contributed by atoms with Gasteiger partial charge < -0.3 is 4.90 Å². The Kier molecular flexibility index (Phi) is 3.93. The van der Waals surface area contributed by atoms with E-state index >= 15 is 0 Å².